The lowest BCUT2D eigenvalue weighted by Crippen LogP contribution is -2.22. The number of alkyl halides is 3. The molecule has 3 aromatic carbocycles. The highest BCUT2D eigenvalue weighted by atomic mass is 35.5. The summed E-state index contributed by atoms with van der Waals surface area (Å²) in [7, 11) is 2.80. The van der Waals surface area contributed by atoms with E-state index in [0.29, 0.717) is 77.2 Å². The summed E-state index contributed by atoms with van der Waals surface area (Å²) in [4.78, 5) is 27.1. The van der Waals surface area contributed by atoms with Crippen LogP contribution in [-0.2, 0) is 35.2 Å². The van der Waals surface area contributed by atoms with Crippen LogP contribution in [0.1, 0.15) is 86.3 Å². The maximum atomic E-state index is 15.7. The molecule has 1 fully saturated rings. The summed E-state index contributed by atoms with van der Waals surface area (Å²) in [6, 6.07) is 15.1. The van der Waals surface area contributed by atoms with Crippen molar-refractivity contribution in [3.05, 3.63) is 93.3 Å². The van der Waals surface area contributed by atoms with E-state index in [2.05, 4.69) is 10.3 Å². The first kappa shape index (κ1) is 41.0. The van der Waals surface area contributed by atoms with Gasteiger partial charge >= 0.3 is 12.1 Å². The van der Waals surface area contributed by atoms with Gasteiger partial charge < -0.3 is 24.6 Å². The van der Waals surface area contributed by atoms with Gasteiger partial charge in [0.15, 0.2) is 0 Å². The molecule has 4 aromatic rings. The van der Waals surface area contributed by atoms with Gasteiger partial charge in [0, 0.05) is 41.6 Å². The lowest BCUT2D eigenvalue weighted by Gasteiger charge is -2.24. The van der Waals surface area contributed by atoms with Crippen molar-refractivity contribution in [2.24, 2.45) is 11.3 Å². The van der Waals surface area contributed by atoms with Crippen LogP contribution in [0.5, 0.6) is 17.5 Å². The van der Waals surface area contributed by atoms with Gasteiger partial charge in [-0.25, -0.2) is 4.39 Å². The molecule has 1 aromatic heterocycles. The summed E-state index contributed by atoms with van der Waals surface area (Å²) in [5.41, 5.74) is 2.97. The van der Waals surface area contributed by atoms with Gasteiger partial charge in [-0.3, -0.25) is 9.59 Å². The highest BCUT2D eigenvalue weighted by Crippen LogP contribution is 2.46. The molecule has 13 heteroatoms. The Morgan fingerprint density at radius 2 is 1.71 bits per heavy atom. The van der Waals surface area contributed by atoms with E-state index in [4.69, 9.17) is 25.8 Å². The quantitative estimate of drug-likeness (QED) is 0.115. The fourth-order valence-electron chi connectivity index (χ4n) is 7.82. The molecule has 0 saturated heterocycles. The van der Waals surface area contributed by atoms with Crippen LogP contribution in [0.15, 0.2) is 54.6 Å². The SMILES string of the molecule is COc1cc(-c2cccc(-c3cccc4c3CC[C@@H]4Oc3nc(OC)c(CCC(C)(C)CC(=O)O)cc3C(F)(F)F)c2Cl)cc(F)c1CNC[C@@H]1CCC(=O)C1. The predicted molar refractivity (Wildman–Crippen MR) is 205 cm³/mol. The summed E-state index contributed by atoms with van der Waals surface area (Å²) in [5, 5.41) is 12.9. The average Bonchev–Trinajstić information content (AvgIpc) is 3.75. The number of benzene rings is 3. The number of hydrogen-bond acceptors (Lipinski definition) is 7. The second kappa shape index (κ2) is 16.8. The third-order valence-corrected chi connectivity index (χ3v) is 11.2. The molecule has 0 amide bonds. The Hall–Kier alpha value is -4.68. The van der Waals surface area contributed by atoms with Crippen LogP contribution >= 0.6 is 11.6 Å². The number of aromatic nitrogens is 1. The first-order valence-electron chi connectivity index (χ1n) is 18.6. The number of carbonyl (C=O) groups excluding carboxylic acids is 1. The smallest absolute Gasteiger partial charge is 0.421 e. The summed E-state index contributed by atoms with van der Waals surface area (Å²) in [6.45, 7) is 4.33. The number of halogens is 5. The molecule has 0 spiro atoms. The van der Waals surface area contributed by atoms with Crippen molar-refractivity contribution < 1.29 is 46.5 Å². The number of ether oxygens (including phenoxy) is 3. The number of Topliss-reactive ketones (excluding diaryl/α,β-unsaturated/α-hetero) is 1. The molecule has 0 radical (unpaired) electrons. The zero-order valence-corrected chi connectivity index (χ0v) is 32.5. The second-order valence-corrected chi connectivity index (χ2v) is 15.7. The van der Waals surface area contributed by atoms with Crippen molar-refractivity contribution in [3.63, 3.8) is 0 Å². The molecule has 0 aliphatic heterocycles. The molecule has 2 aliphatic carbocycles. The molecule has 1 heterocycles. The number of methoxy groups -OCH3 is 2. The zero-order chi connectivity index (χ0) is 40.4. The number of fused-ring (bicyclic) bond motifs is 1. The Bertz CT molecular complexity index is 2120. The van der Waals surface area contributed by atoms with Crippen molar-refractivity contribution in [2.45, 2.75) is 84.0 Å². The van der Waals surface area contributed by atoms with Gasteiger partial charge in [0.1, 0.15) is 29.0 Å². The van der Waals surface area contributed by atoms with Gasteiger partial charge in [-0.1, -0.05) is 61.8 Å². The summed E-state index contributed by atoms with van der Waals surface area (Å²) < 4.78 is 76.3. The minimum absolute atomic E-state index is 0.0196. The average molecular weight is 797 g/mol. The first-order chi connectivity index (χ1) is 26.6. The van der Waals surface area contributed by atoms with Crippen LogP contribution in [0, 0.1) is 17.2 Å². The number of aryl methyl sites for hydroxylation is 1. The predicted octanol–water partition coefficient (Wildman–Crippen LogP) is 10.2. The van der Waals surface area contributed by atoms with Crippen molar-refractivity contribution in [2.75, 3.05) is 20.8 Å². The van der Waals surface area contributed by atoms with Crippen LogP contribution in [0.25, 0.3) is 22.3 Å². The van der Waals surface area contributed by atoms with Gasteiger partial charge in [-0.05, 0) is 90.4 Å². The highest BCUT2D eigenvalue weighted by Gasteiger charge is 2.39. The van der Waals surface area contributed by atoms with E-state index in [1.54, 1.807) is 32.0 Å². The van der Waals surface area contributed by atoms with E-state index in [-0.39, 0.29) is 42.5 Å². The largest absolute Gasteiger partial charge is 0.496 e. The number of carbonyl (C=O) groups is 2. The van der Waals surface area contributed by atoms with Crippen LogP contribution in [0.2, 0.25) is 5.02 Å². The molecule has 8 nitrogen and oxygen atoms in total. The Morgan fingerprint density at radius 3 is 2.39 bits per heavy atom. The number of carboxylic acids is 1. The topological polar surface area (TPSA) is 107 Å². The Morgan fingerprint density at radius 1 is 0.982 bits per heavy atom. The van der Waals surface area contributed by atoms with Crippen LogP contribution in [0.3, 0.4) is 0 Å². The fourth-order valence-corrected chi connectivity index (χ4v) is 8.15. The van der Waals surface area contributed by atoms with Crippen LogP contribution < -0.4 is 19.5 Å². The number of hydrogen-bond donors (Lipinski definition) is 2. The zero-order valence-electron chi connectivity index (χ0n) is 31.7. The molecule has 6 rings (SSSR count). The number of nitrogens with one attached hydrogen (secondary N) is 1. The molecular weight excluding hydrogens is 752 g/mol. The number of nitrogens with zero attached hydrogens (tertiary/aromatic N) is 1. The lowest BCUT2D eigenvalue weighted by atomic mass is 9.83. The third kappa shape index (κ3) is 9.13. The van der Waals surface area contributed by atoms with E-state index in [1.807, 2.05) is 24.3 Å². The fraction of sp³-hybridized carbons (Fsp3) is 0.419. The summed E-state index contributed by atoms with van der Waals surface area (Å²) in [5.74, 6) is -1.22. The molecule has 0 unspecified atom stereocenters. The first-order valence-corrected chi connectivity index (χ1v) is 19.0. The molecular formula is C43H45ClF4N2O6. The number of pyridine rings is 1. The van der Waals surface area contributed by atoms with Crippen molar-refractivity contribution in [1.29, 1.82) is 0 Å². The molecule has 56 heavy (non-hydrogen) atoms. The normalized spacial score (nSPS) is 16.9. The highest BCUT2D eigenvalue weighted by molar-refractivity contribution is 6.36. The van der Waals surface area contributed by atoms with Gasteiger partial charge in [0.25, 0.3) is 0 Å². The van der Waals surface area contributed by atoms with Crippen LogP contribution in [-0.4, -0.2) is 42.6 Å². The minimum Gasteiger partial charge on any atom is -0.496 e. The molecule has 2 aliphatic rings. The summed E-state index contributed by atoms with van der Waals surface area (Å²) in [6.07, 6.45) is -2.43. The lowest BCUT2D eigenvalue weighted by molar-refractivity contribution is -0.140. The van der Waals surface area contributed by atoms with Crippen LogP contribution in [0.4, 0.5) is 17.6 Å². The number of aliphatic carboxylic acids is 1. The van der Waals surface area contributed by atoms with Crippen molar-refractivity contribution in [1.82, 2.24) is 10.3 Å². The molecule has 2 N–H and O–H groups in total. The van der Waals surface area contributed by atoms with Gasteiger partial charge in [0.2, 0.25) is 11.8 Å². The number of ketones is 1. The van der Waals surface area contributed by atoms with Gasteiger partial charge in [-0.15, -0.1) is 0 Å². The van der Waals surface area contributed by atoms with E-state index in [1.165, 1.54) is 20.3 Å². The third-order valence-electron chi connectivity index (χ3n) is 10.8. The van der Waals surface area contributed by atoms with Crippen molar-refractivity contribution >= 4 is 23.4 Å². The summed E-state index contributed by atoms with van der Waals surface area (Å²) >= 11 is 7.09. The number of carboxylic acid groups (broad SMARTS) is 1. The Kier molecular flexibility index (Phi) is 12.3. The van der Waals surface area contributed by atoms with Gasteiger partial charge in [-0.2, -0.15) is 18.2 Å². The standard InChI is InChI=1S/C43H45ClF4N2O6/c1-42(2,21-38(52)53)16-15-25-18-34(43(46,47)48)41(50-40(25)55-4)56-36-14-13-30-29(8-6-9-31(30)36)32-10-5-7-28(39(32)44)26-19-35(45)33(37(20-26)54-3)23-49-22-24-11-12-27(51)17-24/h5-10,18-20,24,36,49H,11-17,21-23H2,1-4H3,(H,52,53)/t24-,36+/m1/s1. The monoisotopic (exact) mass is 796 g/mol. The Labute approximate surface area is 328 Å². The maximum absolute atomic E-state index is 15.7. The Balaban J connectivity index is 1.26. The number of rotatable bonds is 15. The minimum atomic E-state index is -4.79. The molecule has 298 valence electrons. The molecule has 2 atom stereocenters. The van der Waals surface area contributed by atoms with Crippen molar-refractivity contribution in [3.8, 4) is 39.8 Å². The maximum Gasteiger partial charge on any atom is 0.421 e. The molecule has 1 saturated carbocycles. The van der Waals surface area contributed by atoms with E-state index < -0.39 is 40.9 Å². The van der Waals surface area contributed by atoms with E-state index >= 15 is 4.39 Å². The second-order valence-electron chi connectivity index (χ2n) is 15.3. The molecule has 0 bridgehead atoms. The van der Waals surface area contributed by atoms with E-state index in [0.717, 1.165) is 23.6 Å². The van der Waals surface area contributed by atoms with E-state index in [9.17, 15) is 27.9 Å². The van der Waals surface area contributed by atoms with Gasteiger partial charge in [0.05, 0.1) is 25.7 Å².